The van der Waals surface area contributed by atoms with E-state index in [-0.39, 0.29) is 17.2 Å². The molecule has 0 saturated heterocycles. The summed E-state index contributed by atoms with van der Waals surface area (Å²) in [5.41, 5.74) is 2.66. The van der Waals surface area contributed by atoms with Crippen LogP contribution < -0.4 is 10.6 Å². The molecule has 4 aromatic rings. The summed E-state index contributed by atoms with van der Waals surface area (Å²) in [4.78, 5) is 29.9. The number of aryl methyl sites for hydroxylation is 1. The topological polar surface area (TPSA) is 89.2 Å². The van der Waals surface area contributed by atoms with Gasteiger partial charge in [0.05, 0.1) is 28.1 Å². The first-order chi connectivity index (χ1) is 14.4. The van der Waals surface area contributed by atoms with Gasteiger partial charge >= 0.3 is 0 Å². The van der Waals surface area contributed by atoms with Crippen molar-refractivity contribution < 1.29 is 14.0 Å². The molecule has 0 bridgehead atoms. The van der Waals surface area contributed by atoms with E-state index in [9.17, 15) is 9.59 Å². The lowest BCUT2D eigenvalue weighted by atomic mass is 10.1. The highest BCUT2D eigenvalue weighted by Crippen LogP contribution is 2.30. The maximum atomic E-state index is 13.3. The zero-order valence-corrected chi connectivity index (χ0v) is 17.5. The van der Waals surface area contributed by atoms with Gasteiger partial charge in [0.2, 0.25) is 0 Å². The summed E-state index contributed by atoms with van der Waals surface area (Å²) in [7, 11) is 1.51. The van der Waals surface area contributed by atoms with E-state index in [0.29, 0.717) is 38.2 Å². The SMILES string of the molecule is CNC(=O)c1cc(Cl)cc(C)c1NC(=O)c1cc2occc2n1-c1ncccc1Cl. The number of pyridine rings is 1. The van der Waals surface area contributed by atoms with E-state index in [1.54, 1.807) is 48.0 Å². The van der Waals surface area contributed by atoms with Gasteiger partial charge in [0.15, 0.2) is 11.4 Å². The van der Waals surface area contributed by atoms with E-state index < -0.39 is 5.91 Å². The fraction of sp³-hybridized carbons (Fsp3) is 0.0952. The number of amides is 2. The fourth-order valence-electron chi connectivity index (χ4n) is 3.26. The van der Waals surface area contributed by atoms with Crippen molar-refractivity contribution in [3.8, 4) is 5.82 Å². The first kappa shape index (κ1) is 20.0. The van der Waals surface area contributed by atoms with Crippen molar-refractivity contribution >= 4 is 51.8 Å². The summed E-state index contributed by atoms with van der Waals surface area (Å²) in [6.07, 6.45) is 3.11. The van der Waals surface area contributed by atoms with E-state index in [1.165, 1.54) is 19.4 Å². The molecule has 9 heteroatoms. The number of carbonyl (C=O) groups is 2. The maximum Gasteiger partial charge on any atom is 0.272 e. The lowest BCUT2D eigenvalue weighted by molar-refractivity contribution is 0.0964. The predicted octanol–water partition coefficient (Wildman–Crippen LogP) is 4.85. The van der Waals surface area contributed by atoms with Crippen LogP contribution in [0.5, 0.6) is 0 Å². The van der Waals surface area contributed by atoms with Crippen molar-refractivity contribution in [2.24, 2.45) is 0 Å². The van der Waals surface area contributed by atoms with Crippen molar-refractivity contribution in [2.75, 3.05) is 12.4 Å². The Morgan fingerprint density at radius 2 is 1.93 bits per heavy atom. The Hall–Kier alpha value is -3.29. The van der Waals surface area contributed by atoms with Crippen molar-refractivity contribution in [2.45, 2.75) is 6.92 Å². The molecule has 0 aliphatic rings. The number of nitrogens with zero attached hydrogens (tertiary/aromatic N) is 2. The van der Waals surface area contributed by atoms with Gasteiger partial charge in [-0.2, -0.15) is 0 Å². The molecule has 1 aromatic carbocycles. The molecule has 0 aliphatic heterocycles. The van der Waals surface area contributed by atoms with Crippen molar-refractivity contribution in [1.82, 2.24) is 14.9 Å². The summed E-state index contributed by atoms with van der Waals surface area (Å²) in [6.45, 7) is 1.76. The normalized spacial score (nSPS) is 10.9. The molecule has 3 aromatic heterocycles. The zero-order chi connectivity index (χ0) is 21.4. The van der Waals surface area contributed by atoms with E-state index in [4.69, 9.17) is 27.6 Å². The second kappa shape index (κ2) is 7.85. The van der Waals surface area contributed by atoms with Crippen LogP contribution in [0.2, 0.25) is 10.0 Å². The molecular formula is C21H16Cl2N4O3. The molecule has 7 nitrogen and oxygen atoms in total. The van der Waals surface area contributed by atoms with Gasteiger partial charge in [-0.1, -0.05) is 23.2 Å². The third-order valence-electron chi connectivity index (χ3n) is 4.62. The zero-order valence-electron chi connectivity index (χ0n) is 16.0. The van der Waals surface area contributed by atoms with Gasteiger partial charge in [0.1, 0.15) is 5.69 Å². The molecule has 0 aliphatic carbocycles. The smallest absolute Gasteiger partial charge is 0.272 e. The third-order valence-corrected chi connectivity index (χ3v) is 5.13. The summed E-state index contributed by atoms with van der Waals surface area (Å²) in [6, 6.07) is 9.88. The number of halogens is 2. The minimum atomic E-state index is -0.460. The lowest BCUT2D eigenvalue weighted by Crippen LogP contribution is -2.23. The minimum Gasteiger partial charge on any atom is -0.463 e. The van der Waals surface area contributed by atoms with Crippen LogP contribution >= 0.6 is 23.2 Å². The Morgan fingerprint density at radius 1 is 1.13 bits per heavy atom. The molecule has 0 fully saturated rings. The molecule has 0 spiro atoms. The van der Waals surface area contributed by atoms with Crippen molar-refractivity contribution in [3.63, 3.8) is 0 Å². The van der Waals surface area contributed by atoms with Gasteiger partial charge in [-0.3, -0.25) is 14.2 Å². The summed E-state index contributed by atoms with van der Waals surface area (Å²) >= 11 is 12.4. The average molecular weight is 443 g/mol. The number of furan rings is 1. The second-order valence-corrected chi connectivity index (χ2v) is 7.37. The molecule has 30 heavy (non-hydrogen) atoms. The highest BCUT2D eigenvalue weighted by atomic mass is 35.5. The fourth-order valence-corrected chi connectivity index (χ4v) is 3.74. The first-order valence-electron chi connectivity index (χ1n) is 8.94. The molecular weight excluding hydrogens is 427 g/mol. The van der Waals surface area contributed by atoms with Gasteiger partial charge in [0, 0.05) is 30.4 Å². The van der Waals surface area contributed by atoms with Crippen molar-refractivity contribution in [3.05, 3.63) is 75.7 Å². The Morgan fingerprint density at radius 3 is 2.67 bits per heavy atom. The van der Waals surface area contributed by atoms with Crippen LogP contribution in [-0.4, -0.2) is 28.4 Å². The maximum absolute atomic E-state index is 13.3. The van der Waals surface area contributed by atoms with Crippen LogP contribution in [-0.2, 0) is 0 Å². The van der Waals surface area contributed by atoms with Crippen LogP contribution in [0.1, 0.15) is 26.4 Å². The quantitative estimate of drug-likeness (QED) is 0.472. The summed E-state index contributed by atoms with van der Waals surface area (Å²) in [5, 5.41) is 6.15. The van der Waals surface area contributed by atoms with Crippen LogP contribution in [0, 0.1) is 6.92 Å². The monoisotopic (exact) mass is 442 g/mol. The Labute approximate surface area is 181 Å². The molecule has 4 rings (SSSR count). The number of rotatable bonds is 4. The lowest BCUT2D eigenvalue weighted by Gasteiger charge is -2.15. The van der Waals surface area contributed by atoms with Crippen LogP contribution in [0.4, 0.5) is 5.69 Å². The minimum absolute atomic E-state index is 0.252. The second-order valence-electron chi connectivity index (χ2n) is 6.52. The van der Waals surface area contributed by atoms with Crippen LogP contribution in [0.25, 0.3) is 16.9 Å². The van der Waals surface area contributed by atoms with Gasteiger partial charge in [-0.25, -0.2) is 4.98 Å². The highest BCUT2D eigenvalue weighted by molar-refractivity contribution is 6.32. The third kappa shape index (κ3) is 3.42. The van der Waals surface area contributed by atoms with Crippen LogP contribution in [0.3, 0.4) is 0 Å². The van der Waals surface area contributed by atoms with E-state index in [2.05, 4.69) is 15.6 Å². The number of aromatic nitrogens is 2. The Kier molecular flexibility index (Phi) is 5.24. The number of benzene rings is 1. The Balaban J connectivity index is 1.83. The van der Waals surface area contributed by atoms with Crippen molar-refractivity contribution in [1.29, 1.82) is 0 Å². The van der Waals surface area contributed by atoms with E-state index in [0.717, 1.165) is 0 Å². The van der Waals surface area contributed by atoms with Gasteiger partial charge in [0.25, 0.3) is 11.8 Å². The Bertz CT molecular complexity index is 1290. The van der Waals surface area contributed by atoms with Gasteiger partial charge in [-0.15, -0.1) is 0 Å². The van der Waals surface area contributed by atoms with E-state index >= 15 is 0 Å². The van der Waals surface area contributed by atoms with Gasteiger partial charge < -0.3 is 15.1 Å². The molecule has 3 heterocycles. The summed E-state index contributed by atoms with van der Waals surface area (Å²) < 4.78 is 7.08. The number of nitrogens with one attached hydrogen (secondary N) is 2. The highest BCUT2D eigenvalue weighted by Gasteiger charge is 2.23. The molecule has 152 valence electrons. The molecule has 0 radical (unpaired) electrons. The molecule has 2 amide bonds. The first-order valence-corrected chi connectivity index (χ1v) is 9.69. The number of carbonyl (C=O) groups excluding carboxylic acids is 2. The standard InChI is InChI=1S/C21H16Cl2N4O3/c1-11-8-12(22)9-13(20(28)24-2)18(11)26-21(29)16-10-17-15(5-7-30-17)27(16)19-14(23)4-3-6-25-19/h3-10H,1-2H3,(H,24,28)(H,26,29). The molecule has 2 N–H and O–H groups in total. The molecule has 0 unspecified atom stereocenters. The van der Waals surface area contributed by atoms with Crippen LogP contribution in [0.15, 0.2) is 53.3 Å². The predicted molar refractivity (Wildman–Crippen MR) is 116 cm³/mol. The number of hydrogen-bond donors (Lipinski definition) is 2. The largest absolute Gasteiger partial charge is 0.463 e. The number of anilines is 1. The molecule has 0 atom stereocenters. The molecule has 0 saturated carbocycles. The average Bonchev–Trinajstić information content (AvgIpc) is 3.31. The summed E-state index contributed by atoms with van der Waals surface area (Å²) in [5.74, 6) is -0.438. The number of fused-ring (bicyclic) bond motifs is 1. The van der Waals surface area contributed by atoms with Gasteiger partial charge in [-0.05, 0) is 36.8 Å². The number of hydrogen-bond acceptors (Lipinski definition) is 4. The van der Waals surface area contributed by atoms with E-state index in [1.807, 2.05) is 0 Å².